The lowest BCUT2D eigenvalue weighted by Gasteiger charge is -2.04. The van der Waals surface area contributed by atoms with E-state index in [2.05, 4.69) is 54.9 Å². The Bertz CT molecular complexity index is 392. The molecule has 0 nitrogen and oxygen atoms in total. The topological polar surface area (TPSA) is 0 Å². The fourth-order valence-corrected chi connectivity index (χ4v) is 2.73. The highest BCUT2D eigenvalue weighted by Crippen LogP contribution is 2.08. The molecule has 0 saturated carbocycles. The maximum Gasteiger partial charge on any atom is 0.673 e. The molecule has 0 atom stereocenters. The summed E-state index contributed by atoms with van der Waals surface area (Å²) in [6.45, 7) is 6.44. The van der Waals surface area contributed by atoms with Crippen LogP contribution in [0.25, 0.3) is 0 Å². The van der Waals surface area contributed by atoms with E-state index in [-0.39, 0.29) is 26.6 Å². The first kappa shape index (κ1) is 17.3. The van der Waals surface area contributed by atoms with E-state index in [9.17, 15) is 17.3 Å². The Morgan fingerprint density at radius 3 is 1.83 bits per heavy atom. The van der Waals surface area contributed by atoms with Gasteiger partial charge in [0.25, 0.3) is 0 Å². The van der Waals surface area contributed by atoms with Crippen molar-refractivity contribution in [1.82, 2.24) is 0 Å². The molecule has 0 aromatic heterocycles. The first-order chi connectivity index (χ1) is 8.08. The van der Waals surface area contributed by atoms with Crippen LogP contribution in [0.1, 0.15) is 20.8 Å². The van der Waals surface area contributed by atoms with E-state index in [1.54, 1.807) is 0 Å². The predicted octanol–water partition coefficient (Wildman–Crippen LogP) is 1.25. The van der Waals surface area contributed by atoms with Crippen LogP contribution in [0.2, 0.25) is 0 Å². The minimum absolute atomic E-state index is 0.100. The fraction of sp³-hybridized carbons (Fsp3) is 0.333. The Morgan fingerprint density at radius 1 is 1.00 bits per heavy atom. The molecule has 0 aliphatic heterocycles. The minimum Gasteiger partial charge on any atom is -0.418 e. The van der Waals surface area contributed by atoms with E-state index >= 15 is 0 Å². The van der Waals surface area contributed by atoms with Gasteiger partial charge in [-0.05, 0) is 38.8 Å². The van der Waals surface area contributed by atoms with Crippen molar-refractivity contribution in [2.45, 2.75) is 20.8 Å². The van der Waals surface area contributed by atoms with Gasteiger partial charge >= 0.3 is 28.5 Å². The first-order valence-corrected chi connectivity index (χ1v) is 7.32. The van der Waals surface area contributed by atoms with Gasteiger partial charge in [0.1, 0.15) is 0 Å². The number of hydrogen-bond donors (Lipinski definition) is 0. The smallest absolute Gasteiger partial charge is 0.418 e. The number of halogens is 5. The van der Waals surface area contributed by atoms with Gasteiger partial charge in [0.2, 0.25) is 3.57 Å². The van der Waals surface area contributed by atoms with Crippen LogP contribution in [0, 0.1) is 18.8 Å². The third-order valence-electron chi connectivity index (χ3n) is 1.31. The molecule has 0 saturated heterocycles. The second-order valence-electron chi connectivity index (χ2n) is 4.35. The normalized spacial score (nSPS) is 10.8. The number of rotatable bonds is 1. The summed E-state index contributed by atoms with van der Waals surface area (Å²) in [6, 6.07) is 10.5. The summed E-state index contributed by atoms with van der Waals surface area (Å²) < 4.78 is 43.7. The van der Waals surface area contributed by atoms with Crippen LogP contribution in [0.5, 0.6) is 0 Å². The van der Waals surface area contributed by atoms with Gasteiger partial charge in [-0.15, -0.1) is 0 Å². The average molecular weight is 372 g/mol. The van der Waals surface area contributed by atoms with Crippen LogP contribution >= 0.6 is 0 Å². The molecule has 1 rings (SSSR count). The lowest BCUT2D eigenvalue weighted by Crippen LogP contribution is -3.59. The molecule has 0 heterocycles. The molecular weight excluding hydrogens is 358 g/mol. The highest BCUT2D eigenvalue weighted by molar-refractivity contribution is 6.50. The van der Waals surface area contributed by atoms with Crippen molar-refractivity contribution in [2.24, 2.45) is 5.41 Å². The summed E-state index contributed by atoms with van der Waals surface area (Å²) >= 11 is -0.100. The Kier molecular flexibility index (Phi) is 7.37. The summed E-state index contributed by atoms with van der Waals surface area (Å²) in [7, 11) is -6.00. The van der Waals surface area contributed by atoms with E-state index in [1.807, 2.05) is 6.07 Å². The lowest BCUT2D eigenvalue weighted by atomic mass is 9.99. The number of benzene rings is 1. The zero-order chi connectivity index (χ0) is 14.2. The van der Waals surface area contributed by atoms with Crippen LogP contribution in [0.4, 0.5) is 17.3 Å². The molecule has 0 fully saturated rings. The SMILES string of the molecule is CC(C)(C)C#C[I+]c1ccccc1.F[B-](F)(F)F. The molecule has 0 unspecified atom stereocenters. The van der Waals surface area contributed by atoms with Gasteiger partial charge in [-0.25, -0.2) is 0 Å². The van der Waals surface area contributed by atoms with E-state index in [1.165, 1.54) is 3.57 Å². The standard InChI is InChI=1S/C12H14I.BF4/c1-12(2,3)9-10-13-11-7-5-4-6-8-11;2-1(3,4)5/h4-8H,1-3H3;/q+1;-1. The molecule has 0 spiro atoms. The zero-order valence-corrected chi connectivity index (χ0v) is 12.5. The van der Waals surface area contributed by atoms with E-state index < -0.39 is 7.25 Å². The second kappa shape index (κ2) is 7.67. The van der Waals surface area contributed by atoms with Crippen LogP contribution in [0.15, 0.2) is 30.3 Å². The minimum atomic E-state index is -6.00. The van der Waals surface area contributed by atoms with E-state index in [0.29, 0.717) is 0 Å². The quantitative estimate of drug-likeness (QED) is 0.302. The lowest BCUT2D eigenvalue weighted by molar-refractivity contribution is -0.535. The van der Waals surface area contributed by atoms with Gasteiger partial charge in [-0.2, -0.15) is 0 Å². The van der Waals surface area contributed by atoms with Gasteiger partial charge in [0, 0.05) is 5.41 Å². The van der Waals surface area contributed by atoms with E-state index in [0.717, 1.165) is 0 Å². The summed E-state index contributed by atoms with van der Waals surface area (Å²) in [4.78, 5) is 0. The molecule has 0 N–H and O–H groups in total. The van der Waals surface area contributed by atoms with Gasteiger partial charge in [0.15, 0.2) is 3.93 Å². The van der Waals surface area contributed by atoms with Gasteiger partial charge < -0.3 is 17.3 Å². The summed E-state index contributed by atoms with van der Waals surface area (Å²) in [5.74, 6) is 3.27. The second-order valence-corrected chi connectivity index (χ2v) is 6.68. The monoisotopic (exact) mass is 372 g/mol. The largest absolute Gasteiger partial charge is 0.673 e. The maximum atomic E-state index is 9.75. The Hall–Kier alpha value is -0.705. The van der Waals surface area contributed by atoms with Crippen molar-refractivity contribution in [3.63, 3.8) is 0 Å². The molecule has 6 heteroatoms. The van der Waals surface area contributed by atoms with Crippen molar-refractivity contribution in [3.05, 3.63) is 33.9 Å². The summed E-state index contributed by atoms with van der Waals surface area (Å²) in [5, 5.41) is 0. The maximum absolute atomic E-state index is 9.75. The molecule has 1 aromatic carbocycles. The summed E-state index contributed by atoms with van der Waals surface area (Å²) in [5.41, 5.74) is 0.147. The Labute approximate surface area is 116 Å². The molecule has 1 aromatic rings. The highest BCUT2D eigenvalue weighted by atomic mass is 127. The third kappa shape index (κ3) is 15.3. The zero-order valence-electron chi connectivity index (χ0n) is 10.4. The van der Waals surface area contributed by atoms with Crippen LogP contribution < -0.4 is 21.2 Å². The van der Waals surface area contributed by atoms with Crippen molar-refractivity contribution in [1.29, 1.82) is 0 Å². The highest BCUT2D eigenvalue weighted by Gasteiger charge is 2.20. The van der Waals surface area contributed by atoms with Crippen molar-refractivity contribution < 1.29 is 38.5 Å². The predicted molar refractivity (Wildman–Crippen MR) is 62.6 cm³/mol. The molecule has 100 valence electrons. The molecular formula is C12H14BF4I. The average Bonchev–Trinajstić information content (AvgIpc) is 2.14. The molecule has 0 aliphatic carbocycles. The number of hydrogen-bond acceptors (Lipinski definition) is 0. The molecule has 0 amide bonds. The van der Waals surface area contributed by atoms with Crippen molar-refractivity contribution in [3.8, 4) is 9.85 Å². The molecule has 0 radical (unpaired) electrons. The molecule has 18 heavy (non-hydrogen) atoms. The summed E-state index contributed by atoms with van der Waals surface area (Å²) in [6.07, 6.45) is 0. The first-order valence-electron chi connectivity index (χ1n) is 5.16. The van der Waals surface area contributed by atoms with E-state index in [4.69, 9.17) is 0 Å². The molecule has 0 aliphatic rings. The third-order valence-corrected chi connectivity index (χ3v) is 3.19. The van der Waals surface area contributed by atoms with Crippen LogP contribution in [-0.2, 0) is 0 Å². The van der Waals surface area contributed by atoms with Crippen molar-refractivity contribution in [2.75, 3.05) is 0 Å². The molecule has 0 bridgehead atoms. The Balaban J connectivity index is 0.000000494. The Morgan fingerprint density at radius 2 is 1.44 bits per heavy atom. The fourth-order valence-electron chi connectivity index (χ4n) is 0.698. The van der Waals surface area contributed by atoms with Gasteiger partial charge in [-0.1, -0.05) is 18.2 Å². The van der Waals surface area contributed by atoms with Crippen molar-refractivity contribution >= 4 is 7.25 Å². The van der Waals surface area contributed by atoms with Crippen LogP contribution in [0.3, 0.4) is 0 Å². The van der Waals surface area contributed by atoms with Gasteiger partial charge in [0.05, 0.1) is 0 Å². The van der Waals surface area contributed by atoms with Gasteiger partial charge in [-0.3, -0.25) is 0 Å². The van der Waals surface area contributed by atoms with Crippen LogP contribution in [-0.4, -0.2) is 7.25 Å².